The number of nitro benzene ring substituents is 1. The summed E-state index contributed by atoms with van der Waals surface area (Å²) in [4.78, 5) is 32.3. The molecule has 0 spiro atoms. The van der Waals surface area contributed by atoms with Gasteiger partial charge in [-0.2, -0.15) is 5.10 Å². The second kappa shape index (κ2) is 8.61. The Hall–Kier alpha value is -2.81. The number of rotatable bonds is 7. The molecule has 0 radical (unpaired) electrons. The van der Waals surface area contributed by atoms with Crippen molar-refractivity contribution in [2.24, 2.45) is 28.3 Å². The summed E-state index contributed by atoms with van der Waals surface area (Å²) in [6, 6.07) is 6.51. The fraction of sp³-hybridized carbons (Fsp3) is 0.478. The Morgan fingerprint density at radius 2 is 1.84 bits per heavy atom. The third-order valence-electron chi connectivity index (χ3n) is 7.03. The zero-order valence-corrected chi connectivity index (χ0v) is 18.5. The first-order valence-electron chi connectivity index (χ1n) is 11.0. The normalized spacial score (nSPS) is 28.2. The van der Waals surface area contributed by atoms with E-state index in [4.69, 9.17) is 0 Å². The van der Waals surface area contributed by atoms with Crippen LogP contribution in [0.1, 0.15) is 50.5 Å². The summed E-state index contributed by atoms with van der Waals surface area (Å²) in [6.07, 6.45) is 12.7. The zero-order valence-electron chi connectivity index (χ0n) is 17.6. The van der Waals surface area contributed by atoms with Gasteiger partial charge in [0.1, 0.15) is 0 Å². The maximum atomic E-state index is 12.6. The van der Waals surface area contributed by atoms with Crippen molar-refractivity contribution in [1.29, 1.82) is 0 Å². The Morgan fingerprint density at radius 1 is 1.19 bits per heavy atom. The van der Waals surface area contributed by atoms with Crippen LogP contribution in [0, 0.1) is 33.3 Å². The molecule has 166 valence electrons. The number of nitrogens with one attached hydrogen (secondary N) is 1. The Kier molecular flexibility index (Phi) is 5.67. The molecular formula is C23H25N5O3S. The van der Waals surface area contributed by atoms with Crippen molar-refractivity contribution < 1.29 is 9.72 Å². The Morgan fingerprint density at radius 3 is 2.47 bits per heavy atom. The minimum atomic E-state index is -0.436. The molecule has 1 heterocycles. The van der Waals surface area contributed by atoms with Gasteiger partial charge in [0.15, 0.2) is 5.16 Å². The minimum Gasteiger partial charge on any atom is -0.273 e. The van der Waals surface area contributed by atoms with Crippen LogP contribution in [0.15, 0.2) is 51.8 Å². The van der Waals surface area contributed by atoms with Gasteiger partial charge in [0.05, 0.1) is 16.0 Å². The van der Waals surface area contributed by atoms with Crippen LogP contribution in [-0.4, -0.2) is 27.0 Å². The average molecular weight is 452 g/mol. The van der Waals surface area contributed by atoms with Crippen LogP contribution >= 0.6 is 11.8 Å². The molecular weight excluding hydrogens is 426 g/mol. The van der Waals surface area contributed by atoms with Crippen LogP contribution in [0.3, 0.4) is 0 Å². The number of hydrogen-bond donors (Lipinski definition) is 1. The van der Waals surface area contributed by atoms with Gasteiger partial charge >= 0.3 is 0 Å². The summed E-state index contributed by atoms with van der Waals surface area (Å²) in [7, 11) is 0. The summed E-state index contributed by atoms with van der Waals surface area (Å²) >= 11 is 1.13. The molecule has 2 aromatic rings. The summed E-state index contributed by atoms with van der Waals surface area (Å²) in [5.41, 5.74) is 3.30. The summed E-state index contributed by atoms with van der Waals surface area (Å²) in [5, 5.41) is 16.0. The number of nitro groups is 1. The molecule has 0 unspecified atom stereocenters. The highest BCUT2D eigenvalue weighted by Crippen LogP contribution is 2.61. The second-order valence-corrected chi connectivity index (χ2v) is 10.5. The largest absolute Gasteiger partial charge is 0.283 e. The van der Waals surface area contributed by atoms with Crippen molar-refractivity contribution in [3.05, 3.63) is 52.3 Å². The third-order valence-corrected chi connectivity index (χ3v) is 7.99. The SMILES string of the molecule is O=C(CC12CC3CC(CC(C3)C1)C2)N/N=C/c1ccc(Sc2ncccn2)c([N+](=O)[O-])c1. The molecule has 0 atom stereocenters. The van der Waals surface area contributed by atoms with E-state index in [1.165, 1.54) is 50.8 Å². The molecule has 0 aliphatic heterocycles. The molecule has 4 bridgehead atoms. The van der Waals surface area contributed by atoms with Gasteiger partial charge < -0.3 is 0 Å². The number of carbonyl (C=O) groups excluding carboxylic acids is 1. The monoisotopic (exact) mass is 451 g/mol. The molecule has 8 nitrogen and oxygen atoms in total. The van der Waals surface area contributed by atoms with Gasteiger partial charge in [-0.1, -0.05) is 6.07 Å². The zero-order chi connectivity index (χ0) is 22.1. The Labute approximate surface area is 190 Å². The van der Waals surface area contributed by atoms with Crippen LogP contribution in [0.5, 0.6) is 0 Å². The molecule has 6 rings (SSSR count). The fourth-order valence-electron chi connectivity index (χ4n) is 6.35. The maximum Gasteiger partial charge on any atom is 0.283 e. The molecule has 4 aliphatic carbocycles. The summed E-state index contributed by atoms with van der Waals surface area (Å²) < 4.78 is 0. The molecule has 32 heavy (non-hydrogen) atoms. The van der Waals surface area contributed by atoms with Gasteiger partial charge in [-0.3, -0.25) is 14.9 Å². The lowest BCUT2D eigenvalue weighted by Gasteiger charge is -2.56. The first-order valence-corrected chi connectivity index (χ1v) is 11.8. The average Bonchev–Trinajstić information content (AvgIpc) is 2.74. The van der Waals surface area contributed by atoms with Crippen molar-refractivity contribution in [1.82, 2.24) is 15.4 Å². The van der Waals surface area contributed by atoms with E-state index in [-0.39, 0.29) is 17.0 Å². The third kappa shape index (κ3) is 4.53. The van der Waals surface area contributed by atoms with E-state index in [0.717, 1.165) is 29.5 Å². The second-order valence-electron chi connectivity index (χ2n) is 9.51. The number of carbonyl (C=O) groups is 1. The van der Waals surface area contributed by atoms with Crippen LogP contribution in [0.2, 0.25) is 0 Å². The highest BCUT2D eigenvalue weighted by Gasteiger charge is 2.51. The molecule has 1 N–H and O–H groups in total. The van der Waals surface area contributed by atoms with Crippen molar-refractivity contribution in [3.63, 3.8) is 0 Å². The van der Waals surface area contributed by atoms with Gasteiger partial charge in [0.25, 0.3) is 5.69 Å². The topological polar surface area (TPSA) is 110 Å². The predicted octanol–water partition coefficient (Wildman–Crippen LogP) is 4.59. The molecule has 1 amide bonds. The van der Waals surface area contributed by atoms with Crippen LogP contribution < -0.4 is 5.43 Å². The first kappa shape index (κ1) is 21.1. The van der Waals surface area contributed by atoms with E-state index >= 15 is 0 Å². The standard InChI is InChI=1S/C23H25N5O3S/c29-21(13-23-10-16-6-17(11-23)8-18(7-16)12-23)27-26-14-15-2-3-20(19(9-15)28(30)31)32-22-24-4-1-5-25-22/h1-5,9,14,16-18H,6-8,10-13H2,(H,27,29)/b26-14+. The van der Waals surface area contributed by atoms with E-state index in [1.807, 2.05) is 0 Å². The first-order chi connectivity index (χ1) is 15.5. The van der Waals surface area contributed by atoms with E-state index < -0.39 is 4.92 Å². The van der Waals surface area contributed by atoms with Gasteiger partial charge in [-0.05, 0) is 85.6 Å². The smallest absolute Gasteiger partial charge is 0.273 e. The lowest BCUT2D eigenvalue weighted by atomic mass is 9.49. The lowest BCUT2D eigenvalue weighted by molar-refractivity contribution is -0.387. The molecule has 9 heteroatoms. The van der Waals surface area contributed by atoms with E-state index in [9.17, 15) is 14.9 Å². The number of amides is 1. The Bertz CT molecular complexity index is 1020. The highest BCUT2D eigenvalue weighted by atomic mass is 32.2. The van der Waals surface area contributed by atoms with Crippen molar-refractivity contribution in [2.75, 3.05) is 0 Å². The number of nitrogens with zero attached hydrogens (tertiary/aromatic N) is 4. The van der Waals surface area contributed by atoms with Crippen molar-refractivity contribution in [3.8, 4) is 0 Å². The predicted molar refractivity (Wildman–Crippen MR) is 120 cm³/mol. The van der Waals surface area contributed by atoms with E-state index in [0.29, 0.717) is 22.0 Å². The minimum absolute atomic E-state index is 0.0497. The van der Waals surface area contributed by atoms with Gasteiger partial charge in [-0.15, -0.1) is 0 Å². The molecule has 4 saturated carbocycles. The number of hydrazone groups is 1. The summed E-state index contributed by atoms with van der Waals surface area (Å²) in [5.74, 6) is 2.34. The van der Waals surface area contributed by atoms with Gasteiger partial charge in [0, 0.05) is 30.4 Å². The quantitative estimate of drug-likeness (QED) is 0.285. The number of hydrogen-bond acceptors (Lipinski definition) is 7. The molecule has 0 saturated heterocycles. The Balaban J connectivity index is 1.22. The lowest BCUT2D eigenvalue weighted by Crippen LogP contribution is -2.47. The summed E-state index contributed by atoms with van der Waals surface area (Å²) in [6.45, 7) is 0. The van der Waals surface area contributed by atoms with E-state index in [1.54, 1.807) is 30.6 Å². The number of benzene rings is 1. The maximum absolute atomic E-state index is 12.6. The van der Waals surface area contributed by atoms with Crippen molar-refractivity contribution >= 4 is 29.6 Å². The van der Waals surface area contributed by atoms with Crippen molar-refractivity contribution in [2.45, 2.75) is 55.0 Å². The molecule has 4 aliphatic rings. The van der Waals surface area contributed by atoms with Crippen LogP contribution in [0.4, 0.5) is 5.69 Å². The fourth-order valence-corrected chi connectivity index (χ4v) is 7.14. The molecule has 1 aromatic heterocycles. The highest BCUT2D eigenvalue weighted by molar-refractivity contribution is 7.99. The van der Waals surface area contributed by atoms with Crippen LogP contribution in [0.25, 0.3) is 0 Å². The molecule has 4 fully saturated rings. The molecule has 1 aromatic carbocycles. The van der Waals surface area contributed by atoms with E-state index in [2.05, 4.69) is 20.5 Å². The van der Waals surface area contributed by atoms with Crippen LogP contribution in [-0.2, 0) is 4.79 Å². The van der Waals surface area contributed by atoms with Gasteiger partial charge in [0.2, 0.25) is 5.91 Å². The number of aromatic nitrogens is 2. The van der Waals surface area contributed by atoms with Gasteiger partial charge in [-0.25, -0.2) is 15.4 Å².